The van der Waals surface area contributed by atoms with E-state index >= 15 is 0 Å². The number of aliphatic hydroxyl groups is 1. The molecular formula is C11H17NO4S2. The van der Waals surface area contributed by atoms with Gasteiger partial charge in [0, 0.05) is 13.1 Å². The smallest absolute Gasteiger partial charge is 0.252 e. The third-order valence-electron chi connectivity index (χ3n) is 2.80. The third kappa shape index (κ3) is 2.75. The maximum absolute atomic E-state index is 12.4. The molecule has 1 aromatic heterocycles. The fourth-order valence-electron chi connectivity index (χ4n) is 1.88. The third-order valence-corrected chi connectivity index (χ3v) is 6.11. The summed E-state index contributed by atoms with van der Waals surface area (Å²) in [5.41, 5.74) is 0.175. The van der Waals surface area contributed by atoms with Crippen molar-refractivity contribution in [2.75, 3.05) is 19.7 Å². The van der Waals surface area contributed by atoms with Crippen molar-refractivity contribution in [2.45, 2.75) is 30.3 Å². The fraction of sp³-hybridized carbons (Fsp3) is 0.636. The highest BCUT2D eigenvalue weighted by atomic mass is 32.2. The monoisotopic (exact) mass is 291 g/mol. The molecule has 2 rings (SSSR count). The van der Waals surface area contributed by atoms with Gasteiger partial charge >= 0.3 is 0 Å². The predicted molar refractivity (Wildman–Crippen MR) is 69.0 cm³/mol. The fourth-order valence-corrected chi connectivity index (χ4v) is 4.80. The van der Waals surface area contributed by atoms with Crippen molar-refractivity contribution in [3.8, 4) is 0 Å². The molecule has 0 radical (unpaired) electrons. The number of thiophene rings is 1. The maximum Gasteiger partial charge on any atom is 0.252 e. The second-order valence-corrected chi connectivity index (χ2v) is 7.95. The Hall–Kier alpha value is -0.470. The molecule has 0 unspecified atom stereocenters. The molecule has 0 aromatic carbocycles. The summed E-state index contributed by atoms with van der Waals surface area (Å²) in [6.45, 7) is 4.75. The van der Waals surface area contributed by atoms with E-state index in [9.17, 15) is 8.42 Å². The number of hydrogen-bond donors (Lipinski definition) is 1. The highest BCUT2D eigenvalue weighted by molar-refractivity contribution is 7.91. The van der Waals surface area contributed by atoms with Crippen LogP contribution in [0.4, 0.5) is 0 Å². The molecule has 102 valence electrons. The van der Waals surface area contributed by atoms with Gasteiger partial charge < -0.3 is 9.84 Å². The summed E-state index contributed by atoms with van der Waals surface area (Å²) in [6, 6.07) is 1.53. The van der Waals surface area contributed by atoms with Crippen molar-refractivity contribution in [3.05, 3.63) is 17.0 Å². The zero-order valence-corrected chi connectivity index (χ0v) is 12.1. The first-order valence-corrected chi connectivity index (χ1v) is 7.99. The van der Waals surface area contributed by atoms with Gasteiger partial charge in [0.25, 0.3) is 10.0 Å². The summed E-state index contributed by atoms with van der Waals surface area (Å²) >= 11 is 1.14. The Morgan fingerprint density at radius 2 is 2.28 bits per heavy atom. The van der Waals surface area contributed by atoms with Crippen LogP contribution in [-0.4, -0.2) is 43.1 Å². The van der Waals surface area contributed by atoms with Crippen LogP contribution in [-0.2, 0) is 21.4 Å². The summed E-state index contributed by atoms with van der Waals surface area (Å²) in [5, 5.41) is 10.7. The molecule has 5 nitrogen and oxygen atoms in total. The Balaban J connectivity index is 2.25. The minimum absolute atomic E-state index is 0.138. The van der Waals surface area contributed by atoms with E-state index in [4.69, 9.17) is 9.84 Å². The van der Waals surface area contributed by atoms with Gasteiger partial charge in [-0.2, -0.15) is 4.31 Å². The Morgan fingerprint density at radius 3 is 2.83 bits per heavy atom. The second-order valence-electron chi connectivity index (χ2n) is 4.88. The number of morpholine rings is 1. The average Bonchev–Trinajstić information content (AvgIpc) is 2.76. The van der Waals surface area contributed by atoms with Crippen LogP contribution in [0.3, 0.4) is 0 Å². The molecule has 1 aliphatic heterocycles. The highest BCUT2D eigenvalue weighted by Gasteiger charge is 2.35. The molecule has 0 saturated carbocycles. The summed E-state index contributed by atoms with van der Waals surface area (Å²) in [7, 11) is -3.46. The summed E-state index contributed by atoms with van der Waals surface area (Å²) in [5.74, 6) is 0. The molecule has 0 atom stereocenters. The van der Waals surface area contributed by atoms with Crippen LogP contribution in [0.25, 0.3) is 0 Å². The Kier molecular flexibility index (Phi) is 3.80. The largest absolute Gasteiger partial charge is 0.392 e. The lowest BCUT2D eigenvalue weighted by Gasteiger charge is -2.37. The lowest BCUT2D eigenvalue weighted by atomic mass is 10.1. The Morgan fingerprint density at radius 1 is 1.56 bits per heavy atom. The summed E-state index contributed by atoms with van der Waals surface area (Å²) < 4.78 is 32.0. The molecule has 0 amide bonds. The molecule has 0 bridgehead atoms. The number of ether oxygens (including phenoxy) is 1. The molecular weight excluding hydrogens is 274 g/mol. The van der Waals surface area contributed by atoms with E-state index in [2.05, 4.69) is 0 Å². The molecule has 1 N–H and O–H groups in total. The number of rotatable bonds is 3. The van der Waals surface area contributed by atoms with Gasteiger partial charge in [0.1, 0.15) is 4.21 Å². The van der Waals surface area contributed by atoms with Crippen molar-refractivity contribution in [3.63, 3.8) is 0 Å². The average molecular weight is 291 g/mol. The second kappa shape index (κ2) is 4.90. The van der Waals surface area contributed by atoms with E-state index in [1.807, 2.05) is 13.8 Å². The van der Waals surface area contributed by atoms with Crippen molar-refractivity contribution >= 4 is 21.4 Å². The van der Waals surface area contributed by atoms with Gasteiger partial charge in [0.15, 0.2) is 0 Å². The van der Waals surface area contributed by atoms with E-state index in [-0.39, 0.29) is 10.8 Å². The van der Waals surface area contributed by atoms with E-state index in [0.717, 1.165) is 11.3 Å². The lowest BCUT2D eigenvalue weighted by molar-refractivity contribution is -0.0639. The first-order valence-electron chi connectivity index (χ1n) is 5.67. The molecule has 18 heavy (non-hydrogen) atoms. The van der Waals surface area contributed by atoms with Crippen LogP contribution in [0, 0.1) is 0 Å². The summed E-state index contributed by atoms with van der Waals surface area (Å²) in [4.78, 5) is 0. The SMILES string of the molecule is CC1(C)CN(S(=O)(=O)c2cc(CO)cs2)CCO1. The Labute approximate surface area is 111 Å². The van der Waals surface area contributed by atoms with E-state index in [0.29, 0.717) is 25.3 Å². The van der Waals surface area contributed by atoms with Crippen molar-refractivity contribution in [2.24, 2.45) is 0 Å². The molecule has 1 aromatic rings. The lowest BCUT2D eigenvalue weighted by Crippen LogP contribution is -2.50. The van der Waals surface area contributed by atoms with E-state index < -0.39 is 15.6 Å². The quantitative estimate of drug-likeness (QED) is 0.903. The van der Waals surface area contributed by atoms with Crippen molar-refractivity contribution in [1.29, 1.82) is 0 Å². The van der Waals surface area contributed by atoms with Crippen LogP contribution < -0.4 is 0 Å². The highest BCUT2D eigenvalue weighted by Crippen LogP contribution is 2.27. The van der Waals surface area contributed by atoms with Crippen LogP contribution in [0.5, 0.6) is 0 Å². The first-order chi connectivity index (χ1) is 8.35. The van der Waals surface area contributed by atoms with Gasteiger partial charge in [0.05, 0.1) is 18.8 Å². The Bertz CT molecular complexity index is 521. The predicted octanol–water partition coefficient (Wildman–Crippen LogP) is 1.04. The van der Waals surface area contributed by atoms with Gasteiger partial charge in [-0.1, -0.05) is 0 Å². The molecule has 2 heterocycles. The molecule has 1 fully saturated rings. The molecule has 0 aliphatic carbocycles. The van der Waals surface area contributed by atoms with Crippen LogP contribution in [0.1, 0.15) is 19.4 Å². The van der Waals surface area contributed by atoms with E-state index in [1.165, 1.54) is 10.4 Å². The van der Waals surface area contributed by atoms with Gasteiger partial charge in [-0.05, 0) is 30.9 Å². The zero-order valence-electron chi connectivity index (χ0n) is 10.4. The van der Waals surface area contributed by atoms with Crippen LogP contribution in [0.15, 0.2) is 15.7 Å². The molecule has 0 spiro atoms. The van der Waals surface area contributed by atoms with E-state index in [1.54, 1.807) is 5.38 Å². The topological polar surface area (TPSA) is 66.8 Å². The van der Waals surface area contributed by atoms with Crippen LogP contribution >= 0.6 is 11.3 Å². The zero-order chi connectivity index (χ0) is 13.4. The molecule has 1 aliphatic rings. The normalized spacial score (nSPS) is 21.1. The standard InChI is InChI=1S/C11H17NO4S2/c1-11(2)8-12(3-4-16-11)18(14,15)10-5-9(6-13)7-17-10/h5,7,13H,3-4,6,8H2,1-2H3. The molecule has 7 heteroatoms. The van der Waals surface area contributed by atoms with Crippen molar-refractivity contribution < 1.29 is 18.3 Å². The minimum Gasteiger partial charge on any atom is -0.392 e. The summed E-state index contributed by atoms with van der Waals surface area (Å²) in [6.07, 6.45) is 0. The van der Waals surface area contributed by atoms with Gasteiger partial charge in [-0.15, -0.1) is 11.3 Å². The number of aliphatic hydroxyl groups excluding tert-OH is 1. The maximum atomic E-state index is 12.4. The van der Waals surface area contributed by atoms with Gasteiger partial charge in [0.2, 0.25) is 0 Å². The number of hydrogen-bond acceptors (Lipinski definition) is 5. The van der Waals surface area contributed by atoms with Crippen molar-refractivity contribution in [1.82, 2.24) is 4.31 Å². The molecule has 1 saturated heterocycles. The first kappa shape index (κ1) is 14.0. The number of nitrogens with zero attached hydrogens (tertiary/aromatic N) is 1. The number of sulfonamides is 1. The minimum atomic E-state index is -3.46. The van der Waals surface area contributed by atoms with Gasteiger partial charge in [-0.3, -0.25) is 0 Å². The van der Waals surface area contributed by atoms with Crippen LogP contribution in [0.2, 0.25) is 0 Å². The van der Waals surface area contributed by atoms with Gasteiger partial charge in [-0.25, -0.2) is 8.42 Å².